The van der Waals surface area contributed by atoms with E-state index in [0.29, 0.717) is 39.4 Å². The summed E-state index contributed by atoms with van der Waals surface area (Å²) in [6, 6.07) is 7.80. The fraction of sp³-hybridized carbons (Fsp3) is 0.316. The van der Waals surface area contributed by atoms with Gasteiger partial charge in [0.15, 0.2) is 0 Å². The third kappa shape index (κ3) is 4.81. The number of benzene rings is 1. The van der Waals surface area contributed by atoms with Crippen LogP contribution in [0.15, 0.2) is 30.3 Å². The molecule has 1 amide bonds. The van der Waals surface area contributed by atoms with Crippen LogP contribution in [-0.2, 0) is 17.9 Å². The van der Waals surface area contributed by atoms with E-state index in [-0.39, 0.29) is 0 Å². The maximum atomic E-state index is 13.1. The molecular formula is C19H18ClF4N5O. The second-order valence-electron chi connectivity index (χ2n) is 6.63. The first-order valence-corrected chi connectivity index (χ1v) is 9.25. The topological polar surface area (TPSA) is 64.7 Å². The van der Waals surface area contributed by atoms with E-state index >= 15 is 0 Å². The van der Waals surface area contributed by atoms with E-state index in [9.17, 15) is 22.4 Å². The number of carbonyl (C=O) groups is 1. The van der Waals surface area contributed by atoms with Gasteiger partial charge in [0, 0.05) is 5.02 Å². The monoisotopic (exact) mass is 443 g/mol. The summed E-state index contributed by atoms with van der Waals surface area (Å²) < 4.78 is 54.0. The summed E-state index contributed by atoms with van der Waals surface area (Å²) >= 11 is 5.88. The number of halogens is 5. The number of hydrogen-bond donors (Lipinski definition) is 1. The molecule has 0 unspecified atom stereocenters. The van der Waals surface area contributed by atoms with Crippen molar-refractivity contribution in [3.05, 3.63) is 63.7 Å². The van der Waals surface area contributed by atoms with E-state index in [4.69, 9.17) is 11.6 Å². The Balaban J connectivity index is 1.76. The number of anilines is 1. The van der Waals surface area contributed by atoms with Crippen LogP contribution in [0.3, 0.4) is 0 Å². The molecular weight excluding hydrogens is 426 g/mol. The number of nitrogens with one attached hydrogen (secondary N) is 1. The Hall–Kier alpha value is -2.88. The number of hydrogen-bond acceptors (Lipinski definition) is 3. The zero-order valence-electron chi connectivity index (χ0n) is 16.0. The summed E-state index contributed by atoms with van der Waals surface area (Å²) in [7, 11) is 0. The van der Waals surface area contributed by atoms with E-state index in [1.165, 1.54) is 0 Å². The van der Waals surface area contributed by atoms with E-state index in [1.807, 2.05) is 12.1 Å². The van der Waals surface area contributed by atoms with Crippen molar-refractivity contribution < 1.29 is 22.4 Å². The lowest BCUT2D eigenvalue weighted by Gasteiger charge is -2.09. The van der Waals surface area contributed by atoms with Crippen LogP contribution in [0, 0.1) is 13.8 Å². The van der Waals surface area contributed by atoms with Crippen molar-refractivity contribution in [1.29, 1.82) is 0 Å². The van der Waals surface area contributed by atoms with Gasteiger partial charge >= 0.3 is 0 Å². The molecule has 3 aromatic rings. The highest BCUT2D eigenvalue weighted by Crippen LogP contribution is 2.25. The molecule has 2 aromatic heterocycles. The number of aryl methyl sites for hydroxylation is 1. The first-order chi connectivity index (χ1) is 14.2. The minimum Gasteiger partial charge on any atom is -0.321 e. The molecule has 0 aliphatic heterocycles. The van der Waals surface area contributed by atoms with Gasteiger partial charge in [-0.05, 0) is 37.6 Å². The maximum Gasteiger partial charge on any atom is 0.282 e. The van der Waals surface area contributed by atoms with Gasteiger partial charge in [-0.25, -0.2) is 17.6 Å². The van der Waals surface area contributed by atoms with E-state index in [1.54, 1.807) is 30.7 Å². The van der Waals surface area contributed by atoms with Crippen molar-refractivity contribution in [2.45, 2.75) is 39.8 Å². The van der Waals surface area contributed by atoms with Gasteiger partial charge in [0.05, 0.1) is 23.6 Å². The molecule has 0 bridgehead atoms. The van der Waals surface area contributed by atoms with Crippen LogP contribution in [0.5, 0.6) is 0 Å². The predicted molar refractivity (Wildman–Crippen MR) is 103 cm³/mol. The summed E-state index contributed by atoms with van der Waals surface area (Å²) in [5.41, 5.74) is 0.999. The zero-order valence-corrected chi connectivity index (χ0v) is 16.8. The van der Waals surface area contributed by atoms with Crippen LogP contribution in [0.2, 0.25) is 5.02 Å². The third-order valence-electron chi connectivity index (χ3n) is 4.46. The Morgan fingerprint density at radius 3 is 2.33 bits per heavy atom. The van der Waals surface area contributed by atoms with Crippen molar-refractivity contribution in [3.8, 4) is 0 Å². The second-order valence-corrected chi connectivity index (χ2v) is 7.07. The molecule has 160 valence electrons. The highest BCUT2D eigenvalue weighted by atomic mass is 35.5. The van der Waals surface area contributed by atoms with Crippen LogP contribution in [0.1, 0.15) is 41.2 Å². The molecule has 0 saturated heterocycles. The maximum absolute atomic E-state index is 13.1. The van der Waals surface area contributed by atoms with Crippen LogP contribution in [-0.4, -0.2) is 25.5 Å². The summed E-state index contributed by atoms with van der Waals surface area (Å²) in [6.07, 6.45) is -6.05. The van der Waals surface area contributed by atoms with Gasteiger partial charge < -0.3 is 5.32 Å². The largest absolute Gasteiger partial charge is 0.321 e. The SMILES string of the molecule is Cc1nn(Cc2ccc(Cl)cc2)c(C)c1NC(=O)Cn1nc(C(F)F)cc1C(F)F. The lowest BCUT2D eigenvalue weighted by Crippen LogP contribution is -2.22. The molecule has 0 fully saturated rings. The Labute approximate surface area is 174 Å². The van der Waals surface area contributed by atoms with Gasteiger partial charge in [0.1, 0.15) is 17.9 Å². The molecule has 6 nitrogen and oxygen atoms in total. The molecule has 30 heavy (non-hydrogen) atoms. The van der Waals surface area contributed by atoms with Crippen LogP contribution >= 0.6 is 11.6 Å². The smallest absolute Gasteiger partial charge is 0.282 e. The minimum atomic E-state index is -3.04. The van der Waals surface area contributed by atoms with E-state index in [2.05, 4.69) is 15.5 Å². The molecule has 0 spiro atoms. The van der Waals surface area contributed by atoms with Crippen molar-refractivity contribution in [2.24, 2.45) is 0 Å². The number of nitrogens with zero attached hydrogens (tertiary/aromatic N) is 4. The average molecular weight is 444 g/mol. The average Bonchev–Trinajstić information content (AvgIpc) is 3.21. The summed E-state index contributed by atoms with van der Waals surface area (Å²) in [4.78, 5) is 12.4. The number of alkyl halides is 4. The van der Waals surface area contributed by atoms with Crippen molar-refractivity contribution >= 4 is 23.2 Å². The Kier molecular flexibility index (Phi) is 6.45. The van der Waals surface area contributed by atoms with Gasteiger partial charge in [0.2, 0.25) is 5.91 Å². The molecule has 0 aliphatic carbocycles. The quantitative estimate of drug-likeness (QED) is 0.527. The minimum absolute atomic E-state index is 0.425. The van der Waals surface area contributed by atoms with Crippen molar-refractivity contribution in [3.63, 3.8) is 0 Å². The Morgan fingerprint density at radius 1 is 1.07 bits per heavy atom. The standard InChI is InChI=1S/C19H18ClF4N5O/c1-10-17(11(2)28(26-10)8-12-3-5-13(20)6-4-12)25-16(30)9-29-15(19(23)24)7-14(27-29)18(21)22/h3-7,18-19H,8-9H2,1-2H3,(H,25,30). The van der Waals surface area contributed by atoms with Gasteiger partial charge in [-0.15, -0.1) is 0 Å². The van der Waals surface area contributed by atoms with E-state index in [0.717, 1.165) is 5.56 Å². The number of carbonyl (C=O) groups excluding carboxylic acids is 1. The number of amides is 1. The van der Waals surface area contributed by atoms with Gasteiger partial charge in [-0.3, -0.25) is 14.2 Å². The molecule has 11 heteroatoms. The second kappa shape index (κ2) is 8.86. The molecule has 1 N–H and O–H groups in total. The lowest BCUT2D eigenvalue weighted by atomic mass is 10.2. The first kappa shape index (κ1) is 21.8. The Morgan fingerprint density at radius 2 is 1.73 bits per heavy atom. The molecule has 0 atom stereocenters. The fourth-order valence-electron chi connectivity index (χ4n) is 2.97. The summed E-state index contributed by atoms with van der Waals surface area (Å²) in [6.45, 7) is 3.24. The highest BCUT2D eigenvalue weighted by molar-refractivity contribution is 6.30. The summed E-state index contributed by atoms with van der Waals surface area (Å²) in [5.74, 6) is -0.682. The fourth-order valence-corrected chi connectivity index (χ4v) is 3.10. The van der Waals surface area contributed by atoms with Crippen molar-refractivity contribution in [1.82, 2.24) is 19.6 Å². The van der Waals surface area contributed by atoms with E-state index < -0.39 is 36.7 Å². The zero-order chi connectivity index (χ0) is 22.0. The molecule has 0 saturated carbocycles. The highest BCUT2D eigenvalue weighted by Gasteiger charge is 2.23. The molecule has 0 aliphatic rings. The van der Waals surface area contributed by atoms with Crippen molar-refractivity contribution in [2.75, 3.05) is 5.32 Å². The molecule has 0 radical (unpaired) electrons. The lowest BCUT2D eigenvalue weighted by molar-refractivity contribution is -0.117. The molecule has 1 aromatic carbocycles. The first-order valence-electron chi connectivity index (χ1n) is 8.88. The summed E-state index contributed by atoms with van der Waals surface area (Å²) in [5, 5.41) is 11.0. The normalized spacial score (nSPS) is 11.5. The number of aromatic nitrogens is 4. The van der Waals surface area contributed by atoms with Gasteiger partial charge in [-0.1, -0.05) is 23.7 Å². The predicted octanol–water partition coefficient (Wildman–Crippen LogP) is 4.91. The van der Waals surface area contributed by atoms with Crippen LogP contribution < -0.4 is 5.32 Å². The van der Waals surface area contributed by atoms with Crippen LogP contribution in [0.25, 0.3) is 0 Å². The molecule has 3 rings (SSSR count). The van der Waals surface area contributed by atoms with Crippen LogP contribution in [0.4, 0.5) is 23.2 Å². The van der Waals surface area contributed by atoms with Gasteiger partial charge in [-0.2, -0.15) is 10.2 Å². The number of rotatable bonds is 7. The van der Waals surface area contributed by atoms with Gasteiger partial charge in [0.25, 0.3) is 12.9 Å². The Bertz CT molecular complexity index is 1050. The molecule has 2 heterocycles. The third-order valence-corrected chi connectivity index (χ3v) is 4.71.